The molecular weight excluding hydrogens is 340 g/mol. The van der Waals surface area contributed by atoms with Crippen molar-refractivity contribution in [2.24, 2.45) is 0 Å². The fourth-order valence-corrected chi connectivity index (χ4v) is 2.14. The molecular formula is C17H14F4N2O2. The number of carbonyl (C=O) groups excluding carboxylic acids is 2. The molecule has 0 bridgehead atoms. The molecule has 0 atom stereocenters. The van der Waals surface area contributed by atoms with Gasteiger partial charge in [0.2, 0.25) is 11.8 Å². The molecule has 25 heavy (non-hydrogen) atoms. The highest BCUT2D eigenvalue weighted by atomic mass is 19.4. The largest absolute Gasteiger partial charge is 0.416 e. The maximum atomic E-state index is 13.8. The minimum absolute atomic E-state index is 0.144. The lowest BCUT2D eigenvalue weighted by Crippen LogP contribution is -2.16. The van der Waals surface area contributed by atoms with E-state index in [9.17, 15) is 27.2 Å². The van der Waals surface area contributed by atoms with E-state index < -0.39 is 23.5 Å². The van der Waals surface area contributed by atoms with E-state index in [1.54, 1.807) is 0 Å². The minimum atomic E-state index is -4.51. The summed E-state index contributed by atoms with van der Waals surface area (Å²) >= 11 is 0. The third-order valence-electron chi connectivity index (χ3n) is 3.18. The fraction of sp³-hybridized carbons (Fsp3) is 0.176. The molecule has 0 saturated carbocycles. The average molecular weight is 354 g/mol. The van der Waals surface area contributed by atoms with Crippen LogP contribution >= 0.6 is 0 Å². The van der Waals surface area contributed by atoms with Crippen LogP contribution in [0.4, 0.5) is 28.9 Å². The van der Waals surface area contributed by atoms with E-state index in [1.807, 2.05) is 0 Å². The number of carbonyl (C=O) groups is 2. The molecule has 2 rings (SSSR count). The zero-order chi connectivity index (χ0) is 18.6. The normalized spacial score (nSPS) is 11.1. The van der Waals surface area contributed by atoms with Gasteiger partial charge in [-0.3, -0.25) is 9.59 Å². The van der Waals surface area contributed by atoms with Crippen LogP contribution in [0.15, 0.2) is 42.5 Å². The monoisotopic (exact) mass is 354 g/mol. The van der Waals surface area contributed by atoms with Gasteiger partial charge in [-0.25, -0.2) is 4.39 Å². The number of anilines is 2. The van der Waals surface area contributed by atoms with Gasteiger partial charge in [-0.05, 0) is 29.8 Å². The molecule has 2 aromatic rings. The molecule has 0 aliphatic heterocycles. The first-order valence-electron chi connectivity index (χ1n) is 7.18. The van der Waals surface area contributed by atoms with Gasteiger partial charge >= 0.3 is 6.18 Å². The smallest absolute Gasteiger partial charge is 0.326 e. The van der Waals surface area contributed by atoms with Crippen LogP contribution in [0.1, 0.15) is 18.1 Å². The van der Waals surface area contributed by atoms with Crippen molar-refractivity contribution < 1.29 is 27.2 Å². The zero-order valence-corrected chi connectivity index (χ0v) is 13.1. The molecule has 132 valence electrons. The highest BCUT2D eigenvalue weighted by Crippen LogP contribution is 2.29. The molecule has 8 heteroatoms. The van der Waals surface area contributed by atoms with E-state index in [2.05, 4.69) is 10.6 Å². The molecule has 2 N–H and O–H groups in total. The second-order valence-electron chi connectivity index (χ2n) is 5.30. The van der Waals surface area contributed by atoms with Crippen LogP contribution in [0.25, 0.3) is 0 Å². The lowest BCUT2D eigenvalue weighted by atomic mass is 10.1. The molecule has 0 spiro atoms. The predicted molar refractivity (Wildman–Crippen MR) is 84.5 cm³/mol. The first-order valence-corrected chi connectivity index (χ1v) is 7.18. The number of amides is 2. The minimum Gasteiger partial charge on any atom is -0.326 e. The molecule has 0 aliphatic rings. The second-order valence-corrected chi connectivity index (χ2v) is 5.30. The molecule has 4 nitrogen and oxygen atoms in total. The van der Waals surface area contributed by atoms with Gasteiger partial charge in [-0.1, -0.05) is 18.2 Å². The lowest BCUT2D eigenvalue weighted by Gasteiger charge is -2.11. The van der Waals surface area contributed by atoms with Crippen LogP contribution in [-0.2, 0) is 22.2 Å². The molecule has 0 radical (unpaired) electrons. The van der Waals surface area contributed by atoms with E-state index in [4.69, 9.17) is 0 Å². The Hall–Kier alpha value is -2.90. The van der Waals surface area contributed by atoms with Gasteiger partial charge in [-0.15, -0.1) is 0 Å². The molecule has 0 unspecified atom stereocenters. The maximum absolute atomic E-state index is 13.8. The van der Waals surface area contributed by atoms with Crippen LogP contribution in [0.2, 0.25) is 0 Å². The van der Waals surface area contributed by atoms with Crippen molar-refractivity contribution in [3.63, 3.8) is 0 Å². The Morgan fingerprint density at radius 3 is 2.40 bits per heavy atom. The molecule has 2 aromatic carbocycles. The molecule has 0 saturated heterocycles. The Bertz CT molecular complexity index is 803. The number of hydrogen-bond donors (Lipinski definition) is 2. The molecule has 2 amide bonds. The van der Waals surface area contributed by atoms with Crippen LogP contribution in [-0.4, -0.2) is 11.8 Å². The fourth-order valence-electron chi connectivity index (χ4n) is 2.14. The van der Waals surface area contributed by atoms with Gasteiger partial charge in [0, 0.05) is 12.6 Å². The molecule has 0 aliphatic carbocycles. The van der Waals surface area contributed by atoms with E-state index in [1.165, 1.54) is 31.2 Å². The molecule has 0 heterocycles. The van der Waals surface area contributed by atoms with Crippen LogP contribution in [0.5, 0.6) is 0 Å². The average Bonchev–Trinajstić information content (AvgIpc) is 2.49. The lowest BCUT2D eigenvalue weighted by molar-refractivity contribution is -0.137. The Labute approximate surface area is 140 Å². The third kappa shape index (κ3) is 5.30. The Kier molecular flexibility index (Phi) is 5.41. The zero-order valence-electron chi connectivity index (χ0n) is 13.1. The van der Waals surface area contributed by atoms with Crippen LogP contribution in [0, 0.1) is 5.82 Å². The van der Waals surface area contributed by atoms with E-state index >= 15 is 0 Å². The molecule has 0 fully saturated rings. The highest BCUT2D eigenvalue weighted by molar-refractivity contribution is 5.94. The number of alkyl halides is 3. The summed E-state index contributed by atoms with van der Waals surface area (Å²) in [5.74, 6) is -1.78. The first kappa shape index (κ1) is 18.4. The van der Waals surface area contributed by atoms with Crippen LogP contribution < -0.4 is 10.6 Å². The van der Waals surface area contributed by atoms with E-state index in [0.717, 1.165) is 18.2 Å². The summed E-state index contributed by atoms with van der Waals surface area (Å²) in [5, 5.41) is 4.72. The summed E-state index contributed by atoms with van der Waals surface area (Å²) in [6.07, 6.45) is -4.86. The number of halogens is 4. The summed E-state index contributed by atoms with van der Waals surface area (Å²) in [6, 6.07) is 7.94. The van der Waals surface area contributed by atoms with E-state index in [0.29, 0.717) is 0 Å². The number of nitrogens with one attached hydrogen (secondary N) is 2. The third-order valence-corrected chi connectivity index (χ3v) is 3.18. The SMILES string of the molecule is CC(=O)Nc1ccc(F)c(NC(=O)Cc2cccc(C(F)(F)F)c2)c1. The topological polar surface area (TPSA) is 58.2 Å². The van der Waals surface area contributed by atoms with Crippen molar-refractivity contribution in [2.75, 3.05) is 10.6 Å². The predicted octanol–water partition coefficient (Wildman–Crippen LogP) is 3.98. The van der Waals surface area contributed by atoms with Crippen molar-refractivity contribution in [3.05, 3.63) is 59.4 Å². The van der Waals surface area contributed by atoms with Crippen molar-refractivity contribution >= 4 is 23.2 Å². The summed E-state index contributed by atoms with van der Waals surface area (Å²) in [6.45, 7) is 1.27. The molecule has 0 aromatic heterocycles. The quantitative estimate of drug-likeness (QED) is 0.816. The second kappa shape index (κ2) is 7.33. The van der Waals surface area contributed by atoms with Gasteiger partial charge in [0.25, 0.3) is 0 Å². The first-order chi connectivity index (χ1) is 11.6. The number of hydrogen-bond acceptors (Lipinski definition) is 2. The Morgan fingerprint density at radius 2 is 1.76 bits per heavy atom. The summed E-state index contributed by atoms with van der Waals surface area (Å²) in [5.41, 5.74) is -0.617. The highest BCUT2D eigenvalue weighted by Gasteiger charge is 2.30. The van der Waals surface area contributed by atoms with Gasteiger partial charge in [-0.2, -0.15) is 13.2 Å². The van der Waals surface area contributed by atoms with E-state index in [-0.39, 0.29) is 29.3 Å². The number of rotatable bonds is 4. The van der Waals surface area contributed by atoms with Gasteiger partial charge in [0.15, 0.2) is 0 Å². The Balaban J connectivity index is 2.11. The van der Waals surface area contributed by atoms with Gasteiger partial charge < -0.3 is 10.6 Å². The van der Waals surface area contributed by atoms with Crippen molar-refractivity contribution in [1.29, 1.82) is 0 Å². The van der Waals surface area contributed by atoms with Gasteiger partial charge in [0.1, 0.15) is 5.82 Å². The Morgan fingerprint density at radius 1 is 1.04 bits per heavy atom. The number of benzene rings is 2. The van der Waals surface area contributed by atoms with Crippen LogP contribution in [0.3, 0.4) is 0 Å². The summed E-state index contributed by atoms with van der Waals surface area (Å²) < 4.78 is 51.8. The van der Waals surface area contributed by atoms with Crippen molar-refractivity contribution in [2.45, 2.75) is 19.5 Å². The van der Waals surface area contributed by atoms with Crippen molar-refractivity contribution in [1.82, 2.24) is 0 Å². The summed E-state index contributed by atoms with van der Waals surface area (Å²) in [7, 11) is 0. The van der Waals surface area contributed by atoms with Crippen molar-refractivity contribution in [3.8, 4) is 0 Å². The van der Waals surface area contributed by atoms with Gasteiger partial charge in [0.05, 0.1) is 17.7 Å². The standard InChI is InChI=1S/C17H14F4N2O2/c1-10(24)22-13-5-6-14(18)15(9-13)23-16(25)8-11-3-2-4-12(7-11)17(19,20)21/h2-7,9H,8H2,1H3,(H,22,24)(H,23,25). The maximum Gasteiger partial charge on any atom is 0.416 e. The summed E-state index contributed by atoms with van der Waals surface area (Å²) in [4.78, 5) is 23.0.